The minimum absolute atomic E-state index is 0.0804. The van der Waals surface area contributed by atoms with Crippen LogP contribution in [0, 0.1) is 0 Å². The van der Waals surface area contributed by atoms with Crippen LogP contribution in [0.15, 0.2) is 78.0 Å². The molecule has 4 heterocycles. The fourth-order valence-electron chi connectivity index (χ4n) is 6.91. The Morgan fingerprint density at radius 2 is 1.09 bits per heavy atom. The smallest absolute Gasteiger partial charge is 0.137 e. The largest absolute Gasteiger partial charge is 0.507 e. The molecule has 0 saturated carbocycles. The summed E-state index contributed by atoms with van der Waals surface area (Å²) in [5.74, 6) is 0.425. The molecule has 0 radical (unpaired) electrons. The van der Waals surface area contributed by atoms with Crippen molar-refractivity contribution in [1.82, 2.24) is 0 Å². The third-order valence-electron chi connectivity index (χ3n) is 9.24. The van der Waals surface area contributed by atoms with Crippen LogP contribution in [0.5, 0.6) is 23.0 Å². The number of benzene rings is 4. The number of hydroxylamine groups is 1. The van der Waals surface area contributed by atoms with Crippen molar-refractivity contribution in [2.75, 3.05) is 5.06 Å². The van der Waals surface area contributed by atoms with Gasteiger partial charge in [0.05, 0.1) is 11.4 Å². The first-order valence-electron chi connectivity index (χ1n) is 15.3. The van der Waals surface area contributed by atoms with E-state index in [1.807, 2.05) is 72.8 Å². The highest BCUT2D eigenvalue weighted by atomic mass is 32.1. The third-order valence-corrected chi connectivity index (χ3v) is 10.4. The summed E-state index contributed by atoms with van der Waals surface area (Å²) < 4.78 is 0. The Hall–Kier alpha value is -4.99. The van der Waals surface area contributed by atoms with Gasteiger partial charge in [0.1, 0.15) is 39.8 Å². The molecule has 3 aliphatic heterocycles. The number of thiophene rings is 1. The van der Waals surface area contributed by atoms with E-state index in [1.54, 1.807) is 0 Å². The molecule has 0 unspecified atom stereocenters. The van der Waals surface area contributed by atoms with E-state index in [9.17, 15) is 25.6 Å². The fraction of sp³-hybridized carbons (Fsp3) is 0.216. The maximum atomic E-state index is 11.6. The molecule has 5 N–H and O–H groups in total. The van der Waals surface area contributed by atoms with Crippen molar-refractivity contribution in [3.05, 3.63) is 133 Å². The zero-order valence-electron chi connectivity index (χ0n) is 24.9. The van der Waals surface area contributed by atoms with Gasteiger partial charge in [0.25, 0.3) is 0 Å². The summed E-state index contributed by atoms with van der Waals surface area (Å²) in [6.07, 6.45) is 1.96. The third kappa shape index (κ3) is 5.11. The van der Waals surface area contributed by atoms with Crippen LogP contribution in [0.2, 0.25) is 0 Å². The highest BCUT2D eigenvalue weighted by Crippen LogP contribution is 2.39. The maximum Gasteiger partial charge on any atom is 0.137 e. The second-order valence-corrected chi connectivity index (χ2v) is 13.5. The lowest BCUT2D eigenvalue weighted by Crippen LogP contribution is -2.16. The highest BCUT2D eigenvalue weighted by Gasteiger charge is 2.26. The van der Waals surface area contributed by atoms with E-state index in [1.165, 1.54) is 16.4 Å². The van der Waals surface area contributed by atoms with Crippen LogP contribution < -0.4 is 5.06 Å². The monoisotopic (exact) mass is 632 g/mol. The molecule has 9 rings (SSSR count). The molecule has 0 spiro atoms. The van der Waals surface area contributed by atoms with Gasteiger partial charge in [0.15, 0.2) is 0 Å². The standard InChI is InChI=1S/C37H32N2O6S/c40-34-22-3-1-5-24(34)16-28-11-21-12-29(37(28)43)17-25-6-2-4-23(35(25)41)15-27-10-20(9-26(14-22)36(27)42)13-30-18-31(38-45-30)32-7-8-33(46-32)39(44)19-21/h1-12,30,40-44H,13-19H2/t30-/m0/s1. The van der Waals surface area contributed by atoms with Gasteiger partial charge in [0.2, 0.25) is 0 Å². The second kappa shape index (κ2) is 11.1. The average molecular weight is 633 g/mol. The molecule has 0 fully saturated rings. The molecule has 4 aromatic carbocycles. The summed E-state index contributed by atoms with van der Waals surface area (Å²) in [4.78, 5) is 6.80. The van der Waals surface area contributed by atoms with Crippen LogP contribution in [0.4, 0.5) is 5.00 Å². The summed E-state index contributed by atoms with van der Waals surface area (Å²) in [5.41, 5.74) is 7.59. The van der Waals surface area contributed by atoms with Gasteiger partial charge in [-0.1, -0.05) is 53.7 Å². The van der Waals surface area contributed by atoms with E-state index >= 15 is 0 Å². The molecule has 9 heteroatoms. The van der Waals surface area contributed by atoms with Crippen LogP contribution in [-0.2, 0) is 43.5 Å². The maximum absolute atomic E-state index is 11.6. The number of oxime groups is 1. The summed E-state index contributed by atoms with van der Waals surface area (Å²) in [6, 6.07) is 22.5. The van der Waals surface area contributed by atoms with Crippen molar-refractivity contribution >= 4 is 22.0 Å². The van der Waals surface area contributed by atoms with Gasteiger partial charge in [0, 0.05) is 38.5 Å². The van der Waals surface area contributed by atoms with Crippen molar-refractivity contribution < 1.29 is 30.5 Å². The van der Waals surface area contributed by atoms with Crippen LogP contribution in [0.1, 0.15) is 66.9 Å². The molecule has 46 heavy (non-hydrogen) atoms. The van der Waals surface area contributed by atoms with Gasteiger partial charge >= 0.3 is 0 Å². The van der Waals surface area contributed by atoms with Gasteiger partial charge in [-0.2, -0.15) is 0 Å². The summed E-state index contributed by atoms with van der Waals surface area (Å²) in [5, 5.41) is 63.6. The quantitative estimate of drug-likeness (QED) is 0.126. The number of para-hydroxylation sites is 2. The predicted molar refractivity (Wildman–Crippen MR) is 176 cm³/mol. The molecule has 0 amide bonds. The molecular weight excluding hydrogens is 600 g/mol. The van der Waals surface area contributed by atoms with E-state index < -0.39 is 0 Å². The molecular formula is C37H32N2O6S. The molecule has 1 aromatic heterocycles. The predicted octanol–water partition coefficient (Wildman–Crippen LogP) is 6.69. The van der Waals surface area contributed by atoms with Crippen molar-refractivity contribution in [1.29, 1.82) is 0 Å². The Morgan fingerprint density at radius 1 is 0.609 bits per heavy atom. The van der Waals surface area contributed by atoms with E-state index in [0.717, 1.165) is 21.7 Å². The minimum Gasteiger partial charge on any atom is -0.507 e. The molecule has 5 aromatic rings. The molecule has 8 nitrogen and oxygen atoms in total. The average Bonchev–Trinajstić information content (AvgIpc) is 3.71. The van der Waals surface area contributed by atoms with Crippen LogP contribution >= 0.6 is 11.3 Å². The topological polar surface area (TPSA) is 126 Å². The Balaban J connectivity index is 1.38. The van der Waals surface area contributed by atoms with Crippen molar-refractivity contribution in [2.45, 2.75) is 51.2 Å². The Morgan fingerprint density at radius 3 is 1.61 bits per heavy atom. The minimum atomic E-state index is -0.213. The van der Waals surface area contributed by atoms with E-state index in [-0.39, 0.29) is 61.3 Å². The Kier molecular flexibility index (Phi) is 6.88. The summed E-state index contributed by atoms with van der Waals surface area (Å²) in [6.45, 7) is 0.152. The first-order valence-corrected chi connectivity index (χ1v) is 16.2. The second-order valence-electron chi connectivity index (χ2n) is 12.5. The Labute approximate surface area is 269 Å². The van der Waals surface area contributed by atoms with Gasteiger partial charge in [-0.05, 0) is 79.9 Å². The number of nitrogens with zero attached hydrogens (tertiary/aromatic N) is 2. The van der Waals surface area contributed by atoms with Crippen LogP contribution in [-0.4, -0.2) is 37.4 Å². The summed E-state index contributed by atoms with van der Waals surface area (Å²) in [7, 11) is 0. The fourth-order valence-corrected chi connectivity index (χ4v) is 7.82. The molecule has 232 valence electrons. The molecule has 1 atom stereocenters. The van der Waals surface area contributed by atoms with Gasteiger partial charge < -0.3 is 25.3 Å². The number of aromatic hydroxyl groups is 4. The van der Waals surface area contributed by atoms with Crippen LogP contribution in [0.25, 0.3) is 0 Å². The zero-order chi connectivity index (χ0) is 31.5. The van der Waals surface area contributed by atoms with Gasteiger partial charge in [-0.3, -0.25) is 5.21 Å². The van der Waals surface area contributed by atoms with Gasteiger partial charge in [-0.15, -0.1) is 11.3 Å². The number of phenols is 4. The van der Waals surface area contributed by atoms with Crippen molar-refractivity contribution in [2.24, 2.45) is 5.16 Å². The Bertz CT molecular complexity index is 1950. The molecule has 14 bridgehead atoms. The lowest BCUT2D eigenvalue weighted by atomic mass is 9.89. The molecule has 1 aliphatic carbocycles. The number of rotatable bonds is 0. The lowest BCUT2D eigenvalue weighted by molar-refractivity contribution is 0.0859. The normalized spacial score (nSPS) is 17.0. The molecule has 0 saturated heterocycles. The van der Waals surface area contributed by atoms with Gasteiger partial charge in [-0.25, -0.2) is 5.06 Å². The molecule has 4 aliphatic rings. The van der Waals surface area contributed by atoms with E-state index in [4.69, 9.17) is 4.84 Å². The zero-order valence-corrected chi connectivity index (χ0v) is 25.7. The first kappa shape index (κ1) is 28.5. The first-order chi connectivity index (χ1) is 22.3. The van der Waals surface area contributed by atoms with E-state index in [0.29, 0.717) is 62.4 Å². The summed E-state index contributed by atoms with van der Waals surface area (Å²) >= 11 is 1.43. The number of anilines is 1. The number of hydrogen-bond donors (Lipinski definition) is 5. The lowest BCUT2D eigenvalue weighted by Gasteiger charge is -2.20. The number of hydrogen-bond acceptors (Lipinski definition) is 9. The van der Waals surface area contributed by atoms with E-state index in [2.05, 4.69) is 5.16 Å². The van der Waals surface area contributed by atoms with Crippen molar-refractivity contribution in [3.8, 4) is 23.0 Å². The van der Waals surface area contributed by atoms with Crippen molar-refractivity contribution in [3.63, 3.8) is 0 Å². The number of phenolic OH excluding ortho intramolecular Hbond substituents is 4. The number of fused-ring (bicyclic) bond motifs is 1. The SMILES string of the molecule is Oc1c2cccc1Cc1cc3cc(c1O)Cc1cccc(c1O)Cc1cc(cc(c1O)C2)C[C@H]1CC(=NO1)c1ccc(s1)N(O)C3. The highest BCUT2D eigenvalue weighted by molar-refractivity contribution is 7.18. The van der Waals surface area contributed by atoms with Crippen LogP contribution in [0.3, 0.4) is 0 Å².